The molecule has 0 radical (unpaired) electrons. The fraction of sp³-hybridized carbons (Fsp3) is 1.00. The molecular weight excluding hydrogens is 257 g/mol. The molecule has 0 aromatic heterocycles. The number of halogens is 3. The van der Waals surface area contributed by atoms with E-state index >= 15 is 0 Å². The Kier molecular flexibility index (Phi) is 5.12. The summed E-state index contributed by atoms with van der Waals surface area (Å²) in [5.41, 5.74) is 0. The van der Waals surface area contributed by atoms with Crippen LogP contribution in [0.3, 0.4) is 0 Å². The van der Waals surface area contributed by atoms with E-state index in [2.05, 4.69) is 0 Å². The molecule has 0 saturated heterocycles. The number of alkyl halides is 3. The van der Waals surface area contributed by atoms with Crippen molar-refractivity contribution in [2.24, 2.45) is 11.8 Å². The summed E-state index contributed by atoms with van der Waals surface area (Å²) in [4.78, 5) is 0. The van der Waals surface area contributed by atoms with Gasteiger partial charge in [0.05, 0.1) is 12.2 Å². The van der Waals surface area contributed by atoms with E-state index < -0.39 is 30.5 Å². The van der Waals surface area contributed by atoms with Gasteiger partial charge < -0.3 is 9.47 Å². The van der Waals surface area contributed by atoms with E-state index in [4.69, 9.17) is 9.47 Å². The van der Waals surface area contributed by atoms with E-state index in [9.17, 15) is 13.2 Å². The number of ether oxygens (including phenoxy) is 2. The Morgan fingerprint density at radius 1 is 0.789 bits per heavy atom. The van der Waals surface area contributed by atoms with Crippen molar-refractivity contribution in [3.05, 3.63) is 0 Å². The van der Waals surface area contributed by atoms with E-state index in [1.807, 2.05) is 0 Å². The zero-order valence-corrected chi connectivity index (χ0v) is 11.5. The summed E-state index contributed by atoms with van der Waals surface area (Å²) in [5.74, 6) is -0.897. The minimum absolute atomic E-state index is 0.0826. The van der Waals surface area contributed by atoms with E-state index in [1.165, 1.54) is 7.11 Å². The Balaban J connectivity index is 1.98. The molecule has 0 aliphatic heterocycles. The third-order valence-corrected chi connectivity index (χ3v) is 4.81. The fourth-order valence-corrected chi connectivity index (χ4v) is 3.61. The third-order valence-electron chi connectivity index (χ3n) is 4.81. The van der Waals surface area contributed by atoms with E-state index in [0.717, 1.165) is 6.42 Å². The summed E-state index contributed by atoms with van der Waals surface area (Å²) >= 11 is 0. The Labute approximate surface area is 112 Å². The first-order chi connectivity index (χ1) is 9.08. The molecular formula is C14H23F3O2. The smallest absolute Gasteiger partial charge is 0.157 e. The molecule has 2 nitrogen and oxygen atoms in total. The first kappa shape index (κ1) is 15.1. The van der Waals surface area contributed by atoms with Crippen molar-refractivity contribution in [2.75, 3.05) is 14.2 Å². The summed E-state index contributed by atoms with van der Waals surface area (Å²) in [5, 5.41) is 0. The molecule has 2 rings (SSSR count). The van der Waals surface area contributed by atoms with Gasteiger partial charge in [-0.15, -0.1) is 0 Å². The van der Waals surface area contributed by atoms with Crippen LogP contribution in [0.15, 0.2) is 0 Å². The summed E-state index contributed by atoms with van der Waals surface area (Å²) in [6.45, 7) is 0. The zero-order valence-electron chi connectivity index (χ0n) is 11.5. The van der Waals surface area contributed by atoms with Gasteiger partial charge in [-0.1, -0.05) is 0 Å². The van der Waals surface area contributed by atoms with Crippen molar-refractivity contribution in [3.63, 3.8) is 0 Å². The van der Waals surface area contributed by atoms with Crippen LogP contribution in [0.2, 0.25) is 0 Å². The van der Waals surface area contributed by atoms with Gasteiger partial charge in [0, 0.05) is 20.6 Å². The molecule has 0 aromatic carbocycles. The van der Waals surface area contributed by atoms with Crippen molar-refractivity contribution >= 4 is 0 Å². The highest BCUT2D eigenvalue weighted by molar-refractivity contribution is 4.95. The number of hydrogen-bond acceptors (Lipinski definition) is 2. The second-order valence-corrected chi connectivity index (χ2v) is 5.75. The maximum Gasteiger partial charge on any atom is 0.157 e. The quantitative estimate of drug-likeness (QED) is 0.790. The van der Waals surface area contributed by atoms with Crippen LogP contribution in [0.5, 0.6) is 0 Å². The minimum Gasteiger partial charge on any atom is -0.381 e. The summed E-state index contributed by atoms with van der Waals surface area (Å²) < 4.78 is 52.3. The summed E-state index contributed by atoms with van der Waals surface area (Å²) in [6, 6.07) is 0. The maximum absolute atomic E-state index is 14.2. The minimum atomic E-state index is -1.63. The van der Waals surface area contributed by atoms with Gasteiger partial charge in [-0.3, -0.25) is 0 Å². The van der Waals surface area contributed by atoms with Crippen molar-refractivity contribution < 1.29 is 22.6 Å². The van der Waals surface area contributed by atoms with Gasteiger partial charge in [0.25, 0.3) is 0 Å². The molecule has 0 amide bonds. The number of hydrogen-bond donors (Lipinski definition) is 0. The van der Waals surface area contributed by atoms with Crippen molar-refractivity contribution in [3.8, 4) is 0 Å². The van der Waals surface area contributed by atoms with Crippen LogP contribution in [0.25, 0.3) is 0 Å². The van der Waals surface area contributed by atoms with Gasteiger partial charge in [-0.25, -0.2) is 13.2 Å². The highest BCUT2D eigenvalue weighted by Crippen LogP contribution is 2.43. The first-order valence-corrected chi connectivity index (χ1v) is 7.06. The first-order valence-electron chi connectivity index (χ1n) is 7.06. The molecule has 0 aromatic rings. The second-order valence-electron chi connectivity index (χ2n) is 5.75. The highest BCUT2D eigenvalue weighted by Gasteiger charge is 2.47. The Bertz CT molecular complexity index is 290. The van der Waals surface area contributed by atoms with Crippen LogP contribution in [0, 0.1) is 11.8 Å². The zero-order chi connectivity index (χ0) is 14.0. The number of rotatable bonds is 3. The topological polar surface area (TPSA) is 18.5 Å². The molecule has 0 spiro atoms. The van der Waals surface area contributed by atoms with Crippen LogP contribution in [-0.2, 0) is 9.47 Å². The van der Waals surface area contributed by atoms with Crippen molar-refractivity contribution in [1.29, 1.82) is 0 Å². The highest BCUT2D eigenvalue weighted by atomic mass is 19.2. The van der Waals surface area contributed by atoms with Gasteiger partial charge in [0.1, 0.15) is 12.3 Å². The molecule has 0 bridgehead atoms. The Morgan fingerprint density at radius 3 is 2.05 bits per heavy atom. The number of methoxy groups -OCH3 is 2. The molecule has 112 valence electrons. The van der Waals surface area contributed by atoms with E-state index in [1.54, 1.807) is 7.11 Å². The maximum atomic E-state index is 14.2. The Hall–Kier alpha value is -0.290. The predicted octanol–water partition coefficient (Wildman–Crippen LogP) is 3.24. The van der Waals surface area contributed by atoms with Crippen LogP contribution < -0.4 is 0 Å². The van der Waals surface area contributed by atoms with Gasteiger partial charge in [-0.05, 0) is 37.5 Å². The molecule has 2 fully saturated rings. The lowest BCUT2D eigenvalue weighted by Crippen LogP contribution is -2.48. The van der Waals surface area contributed by atoms with Gasteiger partial charge in [0.15, 0.2) is 6.17 Å². The molecule has 5 heteroatoms. The lowest BCUT2D eigenvalue weighted by Gasteiger charge is -2.42. The molecule has 2 aliphatic carbocycles. The average Bonchev–Trinajstić information content (AvgIpc) is 2.42. The van der Waals surface area contributed by atoms with E-state index in [-0.39, 0.29) is 12.0 Å². The summed E-state index contributed by atoms with van der Waals surface area (Å²) in [6.07, 6.45) is -2.51. The van der Waals surface area contributed by atoms with E-state index in [0.29, 0.717) is 25.7 Å². The lowest BCUT2D eigenvalue weighted by atomic mass is 9.70. The predicted molar refractivity (Wildman–Crippen MR) is 66.3 cm³/mol. The Morgan fingerprint density at radius 2 is 1.47 bits per heavy atom. The van der Waals surface area contributed by atoms with Gasteiger partial charge in [-0.2, -0.15) is 0 Å². The molecule has 7 atom stereocenters. The van der Waals surface area contributed by atoms with Crippen LogP contribution in [0.1, 0.15) is 32.1 Å². The lowest BCUT2D eigenvalue weighted by molar-refractivity contribution is -0.0886. The van der Waals surface area contributed by atoms with Gasteiger partial charge in [0.2, 0.25) is 0 Å². The van der Waals surface area contributed by atoms with Crippen LogP contribution >= 0.6 is 0 Å². The normalized spacial score (nSPS) is 48.2. The average molecular weight is 280 g/mol. The second kappa shape index (κ2) is 6.44. The van der Waals surface area contributed by atoms with Crippen LogP contribution in [0.4, 0.5) is 13.2 Å². The van der Waals surface area contributed by atoms with Crippen molar-refractivity contribution in [1.82, 2.24) is 0 Å². The van der Waals surface area contributed by atoms with Crippen molar-refractivity contribution in [2.45, 2.75) is 62.8 Å². The molecule has 0 N–H and O–H groups in total. The third kappa shape index (κ3) is 3.07. The molecule has 2 saturated carbocycles. The fourth-order valence-electron chi connectivity index (χ4n) is 3.61. The van der Waals surface area contributed by atoms with Gasteiger partial charge >= 0.3 is 0 Å². The van der Waals surface area contributed by atoms with Crippen LogP contribution in [-0.4, -0.2) is 44.9 Å². The molecule has 0 heterocycles. The molecule has 7 unspecified atom stereocenters. The summed E-state index contributed by atoms with van der Waals surface area (Å²) in [7, 11) is 2.96. The SMILES string of the molecule is COC1CCC(C2CCC(OC)C(F)C2F)C(F)C1. The molecule has 2 aliphatic rings. The largest absolute Gasteiger partial charge is 0.381 e. The molecule has 19 heavy (non-hydrogen) atoms. The monoisotopic (exact) mass is 280 g/mol. The standard InChI is InChI=1S/C14H23F3O2/c1-18-8-3-4-9(11(15)7-8)10-5-6-12(19-2)14(17)13(10)16/h8-14H,3-7H2,1-2H3.